The summed E-state index contributed by atoms with van der Waals surface area (Å²) in [5.41, 5.74) is 6.69. The molecule has 1 aromatic carbocycles. The molecule has 2 atom stereocenters. The summed E-state index contributed by atoms with van der Waals surface area (Å²) in [7, 11) is -2.17. The number of carbonyl (C=O) groups is 2. The fraction of sp³-hybridized carbons (Fsp3) is 0.550. The zero-order valence-corrected chi connectivity index (χ0v) is 18.6. The molecular formula is C20H31N3O4Si. The van der Waals surface area contributed by atoms with E-state index >= 15 is 0 Å². The maximum absolute atomic E-state index is 13.1. The molecule has 0 radical (unpaired) electrons. The summed E-state index contributed by atoms with van der Waals surface area (Å²) < 4.78 is 11.3. The number of nitrogens with zero attached hydrogens (tertiary/aromatic N) is 2. The molecule has 2 rings (SSSR count). The molecule has 0 aromatic heterocycles. The fourth-order valence-electron chi connectivity index (χ4n) is 2.77. The van der Waals surface area contributed by atoms with Gasteiger partial charge in [-0.1, -0.05) is 51.1 Å². The highest BCUT2D eigenvalue weighted by Gasteiger charge is 2.47. The van der Waals surface area contributed by atoms with Crippen LogP contribution in [0.2, 0.25) is 18.1 Å². The van der Waals surface area contributed by atoms with Gasteiger partial charge in [-0.25, -0.2) is 9.80 Å². The minimum absolute atomic E-state index is 0.0316. The Kier molecular flexibility index (Phi) is 6.66. The minimum atomic E-state index is -2.17. The van der Waals surface area contributed by atoms with Gasteiger partial charge in [0.1, 0.15) is 6.10 Å². The van der Waals surface area contributed by atoms with E-state index in [9.17, 15) is 9.59 Å². The van der Waals surface area contributed by atoms with Gasteiger partial charge in [-0.05, 0) is 30.6 Å². The third-order valence-electron chi connectivity index (χ3n) is 5.36. The van der Waals surface area contributed by atoms with Gasteiger partial charge in [0.15, 0.2) is 8.32 Å². The Labute approximate surface area is 168 Å². The highest BCUT2D eigenvalue weighted by atomic mass is 28.4. The average Bonchev–Trinajstić information content (AvgIpc) is 2.90. The molecule has 1 saturated heterocycles. The lowest BCUT2D eigenvalue weighted by Crippen LogP contribution is -2.46. The van der Waals surface area contributed by atoms with E-state index < -0.39 is 20.4 Å². The normalized spacial score (nSPS) is 21.1. The molecule has 0 unspecified atom stereocenters. The van der Waals surface area contributed by atoms with E-state index in [2.05, 4.69) is 39.0 Å². The molecule has 1 aliphatic rings. The fourth-order valence-corrected chi connectivity index (χ4v) is 4.03. The van der Waals surface area contributed by atoms with Gasteiger partial charge in [-0.3, -0.25) is 4.79 Å². The molecule has 8 heteroatoms. The average molecular weight is 406 g/mol. The van der Waals surface area contributed by atoms with E-state index in [0.717, 1.165) is 5.56 Å². The first-order valence-corrected chi connectivity index (χ1v) is 12.5. The Balaban J connectivity index is 2.35. The van der Waals surface area contributed by atoms with Gasteiger partial charge in [0.2, 0.25) is 5.84 Å². The number of nitrogens with two attached hydrogens (primary N) is 1. The molecule has 7 nitrogen and oxygen atoms in total. The van der Waals surface area contributed by atoms with Crippen molar-refractivity contribution in [2.45, 2.75) is 64.4 Å². The number of amidine groups is 1. The van der Waals surface area contributed by atoms with Crippen LogP contribution >= 0.6 is 0 Å². The third-order valence-corrected chi connectivity index (χ3v) is 9.85. The molecule has 1 heterocycles. The summed E-state index contributed by atoms with van der Waals surface area (Å²) in [4.78, 5) is 25.0. The zero-order valence-electron chi connectivity index (χ0n) is 17.6. The van der Waals surface area contributed by atoms with Gasteiger partial charge < -0.3 is 14.9 Å². The Morgan fingerprint density at radius 2 is 1.89 bits per heavy atom. The number of carbonyl (C=O) groups excluding carboxylic acids is 2. The van der Waals surface area contributed by atoms with Crippen LogP contribution in [0.3, 0.4) is 0 Å². The Morgan fingerprint density at radius 3 is 2.43 bits per heavy atom. The smallest absolute Gasteiger partial charge is 0.375 e. The van der Waals surface area contributed by atoms with E-state index in [1.54, 1.807) is 6.92 Å². The molecule has 0 aliphatic carbocycles. The van der Waals surface area contributed by atoms with E-state index in [4.69, 9.17) is 14.9 Å². The number of hydrogen-bond acceptors (Lipinski definition) is 5. The molecule has 1 aliphatic heterocycles. The molecule has 0 bridgehead atoms. The highest BCUT2D eigenvalue weighted by molar-refractivity contribution is 6.74. The quantitative estimate of drug-likeness (QED) is 0.351. The van der Waals surface area contributed by atoms with Gasteiger partial charge in [-0.2, -0.15) is 0 Å². The molecular weight excluding hydrogens is 374 g/mol. The predicted molar refractivity (Wildman–Crippen MR) is 111 cm³/mol. The molecule has 1 aromatic rings. The number of hydrazone groups is 1. The Bertz CT molecular complexity index is 744. The number of esters is 1. The molecule has 28 heavy (non-hydrogen) atoms. The van der Waals surface area contributed by atoms with Crippen LogP contribution in [0.1, 0.15) is 45.7 Å². The Morgan fingerprint density at radius 1 is 1.29 bits per heavy atom. The van der Waals surface area contributed by atoms with Gasteiger partial charge in [0.25, 0.3) is 5.91 Å². The van der Waals surface area contributed by atoms with Crippen LogP contribution in [-0.2, 0) is 18.8 Å². The second-order valence-corrected chi connectivity index (χ2v) is 13.2. The minimum Gasteiger partial charge on any atom is -0.460 e. The predicted octanol–water partition coefficient (Wildman–Crippen LogP) is 3.19. The van der Waals surface area contributed by atoms with E-state index in [1.807, 2.05) is 30.3 Å². The van der Waals surface area contributed by atoms with Crippen molar-refractivity contribution in [3.63, 3.8) is 0 Å². The van der Waals surface area contributed by atoms with Crippen molar-refractivity contribution >= 4 is 26.0 Å². The molecule has 154 valence electrons. The largest absolute Gasteiger partial charge is 0.460 e. The standard InChI is InChI=1S/C20H31N3O4Si/c1-7-26-19(25)17(21)22-23-15(14-11-9-8-10-12-14)13-16(18(23)24)27-28(5,6)20(2,3)4/h8-12,15-16H,7,13H2,1-6H3,(H2,21,22)/t15-,16+/m1/s1. The maximum atomic E-state index is 13.1. The van der Waals surface area contributed by atoms with Crippen LogP contribution in [0.5, 0.6) is 0 Å². The lowest BCUT2D eigenvalue weighted by atomic mass is 10.0. The van der Waals surface area contributed by atoms with Crippen LogP contribution < -0.4 is 5.73 Å². The summed E-state index contributed by atoms with van der Waals surface area (Å²) in [6.45, 7) is 12.5. The second-order valence-electron chi connectivity index (χ2n) is 8.42. The molecule has 0 saturated carbocycles. The first kappa shape index (κ1) is 22.1. The van der Waals surface area contributed by atoms with Crippen LogP contribution in [0.25, 0.3) is 0 Å². The maximum Gasteiger partial charge on any atom is 0.375 e. The lowest BCUT2D eigenvalue weighted by Gasteiger charge is -2.37. The molecule has 1 fully saturated rings. The van der Waals surface area contributed by atoms with Crippen molar-refractivity contribution in [3.05, 3.63) is 35.9 Å². The molecule has 0 spiro atoms. The number of rotatable bonds is 5. The number of benzene rings is 1. The van der Waals surface area contributed by atoms with E-state index in [1.165, 1.54) is 5.01 Å². The number of ether oxygens (including phenoxy) is 1. The topological polar surface area (TPSA) is 94.2 Å². The van der Waals surface area contributed by atoms with Gasteiger partial charge in [0, 0.05) is 6.42 Å². The van der Waals surface area contributed by atoms with Crippen LogP contribution in [-0.4, -0.2) is 43.7 Å². The summed E-state index contributed by atoms with van der Waals surface area (Å²) in [5.74, 6) is -1.37. The van der Waals surface area contributed by atoms with Crippen molar-refractivity contribution < 1.29 is 18.8 Å². The van der Waals surface area contributed by atoms with E-state index in [-0.39, 0.29) is 29.4 Å². The molecule has 1 amide bonds. The van der Waals surface area contributed by atoms with Crippen molar-refractivity contribution in [1.29, 1.82) is 0 Å². The van der Waals surface area contributed by atoms with E-state index in [0.29, 0.717) is 6.42 Å². The van der Waals surface area contributed by atoms with Crippen molar-refractivity contribution in [2.75, 3.05) is 6.61 Å². The summed E-state index contributed by atoms with van der Waals surface area (Å²) >= 11 is 0. The lowest BCUT2D eigenvalue weighted by molar-refractivity contribution is -0.135. The third kappa shape index (κ3) is 4.80. The zero-order chi connectivity index (χ0) is 21.1. The molecule has 2 N–H and O–H groups in total. The van der Waals surface area contributed by atoms with Gasteiger partial charge >= 0.3 is 5.97 Å². The van der Waals surface area contributed by atoms with Gasteiger partial charge in [-0.15, -0.1) is 5.10 Å². The van der Waals surface area contributed by atoms with Crippen molar-refractivity contribution in [2.24, 2.45) is 10.8 Å². The number of amides is 1. The van der Waals surface area contributed by atoms with Crippen molar-refractivity contribution in [1.82, 2.24) is 5.01 Å². The first-order valence-electron chi connectivity index (χ1n) is 9.55. The van der Waals surface area contributed by atoms with Gasteiger partial charge in [0.05, 0.1) is 12.6 Å². The Hall–Kier alpha value is -2.19. The van der Waals surface area contributed by atoms with Crippen LogP contribution in [0, 0.1) is 0 Å². The van der Waals surface area contributed by atoms with Crippen LogP contribution in [0.15, 0.2) is 35.4 Å². The SMILES string of the molecule is CCOC(=O)C(N)=NN1C(=O)[C@@H](O[Si](C)(C)C(C)(C)C)C[C@@H]1c1ccccc1. The monoisotopic (exact) mass is 405 g/mol. The summed E-state index contributed by atoms with van der Waals surface area (Å²) in [6.07, 6.45) is -0.167. The second kappa shape index (κ2) is 8.44. The van der Waals surface area contributed by atoms with Crippen LogP contribution in [0.4, 0.5) is 0 Å². The summed E-state index contributed by atoms with van der Waals surface area (Å²) in [5, 5.41) is 5.36. The summed E-state index contributed by atoms with van der Waals surface area (Å²) in [6, 6.07) is 9.21. The highest BCUT2D eigenvalue weighted by Crippen LogP contribution is 2.41. The van der Waals surface area contributed by atoms with Crippen molar-refractivity contribution in [3.8, 4) is 0 Å². The number of hydrogen-bond donors (Lipinski definition) is 1. The first-order chi connectivity index (χ1) is 13.0.